The van der Waals surface area contributed by atoms with E-state index in [0.29, 0.717) is 6.61 Å². The van der Waals surface area contributed by atoms with Crippen LogP contribution in [0.5, 0.6) is 0 Å². The van der Waals surface area contributed by atoms with Crippen molar-refractivity contribution in [3.8, 4) is 0 Å². The molecule has 0 atom stereocenters. The second-order valence-corrected chi connectivity index (χ2v) is 0.956. The monoisotopic (exact) mass is 150 g/mol. The van der Waals surface area contributed by atoms with Crippen molar-refractivity contribution in [3.63, 3.8) is 0 Å². The van der Waals surface area contributed by atoms with Crippen LogP contribution in [0.2, 0.25) is 0 Å². The highest BCUT2D eigenvalue weighted by atomic mass is 35.5. The van der Waals surface area contributed by atoms with Crippen LogP contribution < -0.4 is 0 Å². The van der Waals surface area contributed by atoms with Crippen molar-refractivity contribution < 1.29 is 9.53 Å². The molecule has 0 fully saturated rings. The molecule has 0 aliphatic carbocycles. The minimum absolute atomic E-state index is 0.359. The molecule has 0 N–H and O–H groups in total. The van der Waals surface area contributed by atoms with Gasteiger partial charge in [-0.15, -0.1) is 11.6 Å². The minimum atomic E-state index is -0.359. The van der Waals surface area contributed by atoms with E-state index in [1.165, 1.54) is 6.38 Å². The third kappa shape index (κ3) is 11.2. The molecule has 0 spiro atoms. The van der Waals surface area contributed by atoms with Gasteiger partial charge >= 0.3 is 5.97 Å². The standard InChI is InChI=1S/C5H8O2.CH3Cl/c1-3-5(6)7-4-2;1-2/h3H,1,4H2,2H3;1H3. The molecule has 0 rings (SSSR count). The largest absolute Gasteiger partial charge is 0.463 e. The molecule has 0 aliphatic rings. The number of alkyl halides is 1. The first kappa shape index (κ1) is 11.3. The fourth-order valence-corrected chi connectivity index (χ4v) is 0.201. The van der Waals surface area contributed by atoms with Gasteiger partial charge in [0, 0.05) is 12.5 Å². The van der Waals surface area contributed by atoms with Crippen LogP contribution in [0.4, 0.5) is 0 Å². The molecule has 0 radical (unpaired) electrons. The first-order chi connectivity index (χ1) is 4.31. The Labute approximate surface area is 60.5 Å². The van der Waals surface area contributed by atoms with Gasteiger partial charge in [-0.05, 0) is 6.92 Å². The predicted molar refractivity (Wildman–Crippen MR) is 38.6 cm³/mol. The van der Waals surface area contributed by atoms with E-state index >= 15 is 0 Å². The fourth-order valence-electron chi connectivity index (χ4n) is 0.201. The summed E-state index contributed by atoms with van der Waals surface area (Å²) >= 11 is 4.64. The summed E-state index contributed by atoms with van der Waals surface area (Å²) in [5.74, 6) is -0.359. The van der Waals surface area contributed by atoms with Crippen LogP contribution in [-0.2, 0) is 9.53 Å². The zero-order valence-electron chi connectivity index (χ0n) is 5.69. The predicted octanol–water partition coefficient (Wildman–Crippen LogP) is 1.59. The Bertz CT molecular complexity index is 81.1. The number of esters is 1. The van der Waals surface area contributed by atoms with Gasteiger partial charge in [-0.25, -0.2) is 4.79 Å². The maximum absolute atomic E-state index is 10.1. The Balaban J connectivity index is 0. The van der Waals surface area contributed by atoms with Crippen molar-refractivity contribution in [2.75, 3.05) is 13.0 Å². The summed E-state index contributed by atoms with van der Waals surface area (Å²) in [5.41, 5.74) is 0. The lowest BCUT2D eigenvalue weighted by Crippen LogP contribution is -1.97. The van der Waals surface area contributed by atoms with E-state index in [2.05, 4.69) is 22.9 Å². The maximum atomic E-state index is 10.1. The van der Waals surface area contributed by atoms with E-state index in [1.54, 1.807) is 6.92 Å². The molecule has 0 aromatic rings. The van der Waals surface area contributed by atoms with Gasteiger partial charge in [0.2, 0.25) is 0 Å². The van der Waals surface area contributed by atoms with Gasteiger partial charge in [-0.3, -0.25) is 0 Å². The van der Waals surface area contributed by atoms with Gasteiger partial charge in [0.25, 0.3) is 0 Å². The molecule has 0 amide bonds. The molecule has 0 saturated heterocycles. The van der Waals surface area contributed by atoms with Crippen molar-refractivity contribution in [2.45, 2.75) is 6.92 Å². The molecule has 3 heteroatoms. The molecule has 0 unspecified atom stereocenters. The molecule has 2 nitrogen and oxygen atoms in total. The van der Waals surface area contributed by atoms with Crippen molar-refractivity contribution in [3.05, 3.63) is 12.7 Å². The number of halogens is 1. The Hall–Kier alpha value is -0.500. The molecule has 0 saturated carbocycles. The molecular formula is C6H11ClO2. The second kappa shape index (κ2) is 10.5. The van der Waals surface area contributed by atoms with Gasteiger partial charge in [0.15, 0.2) is 0 Å². The number of rotatable bonds is 2. The first-order valence-electron chi connectivity index (χ1n) is 2.48. The third-order valence-electron chi connectivity index (χ3n) is 0.453. The summed E-state index contributed by atoms with van der Waals surface area (Å²) in [4.78, 5) is 10.1. The number of hydrogen-bond acceptors (Lipinski definition) is 2. The zero-order chi connectivity index (χ0) is 7.70. The number of carbonyl (C=O) groups excluding carboxylic acids is 1. The highest BCUT2D eigenvalue weighted by Gasteiger charge is 1.86. The third-order valence-corrected chi connectivity index (χ3v) is 0.453. The lowest BCUT2D eigenvalue weighted by atomic mass is 10.6. The molecule has 0 aromatic heterocycles. The van der Waals surface area contributed by atoms with E-state index < -0.39 is 0 Å². The van der Waals surface area contributed by atoms with Gasteiger partial charge in [-0.1, -0.05) is 6.58 Å². The molecule has 0 bridgehead atoms. The van der Waals surface area contributed by atoms with Gasteiger partial charge in [-0.2, -0.15) is 0 Å². The number of ether oxygens (including phenoxy) is 1. The molecule has 9 heavy (non-hydrogen) atoms. The highest BCUT2D eigenvalue weighted by Crippen LogP contribution is 1.74. The summed E-state index contributed by atoms with van der Waals surface area (Å²) in [6, 6.07) is 0. The lowest BCUT2D eigenvalue weighted by Gasteiger charge is -1.90. The van der Waals surface area contributed by atoms with Crippen LogP contribution in [0.3, 0.4) is 0 Å². The quantitative estimate of drug-likeness (QED) is 0.340. The van der Waals surface area contributed by atoms with Crippen LogP contribution in [0, 0.1) is 0 Å². The van der Waals surface area contributed by atoms with Gasteiger partial charge in [0.05, 0.1) is 6.61 Å². The summed E-state index contributed by atoms with van der Waals surface area (Å²) < 4.78 is 4.43. The topological polar surface area (TPSA) is 26.3 Å². The van der Waals surface area contributed by atoms with E-state index in [-0.39, 0.29) is 5.97 Å². The molecule has 0 aliphatic heterocycles. The van der Waals surface area contributed by atoms with E-state index in [0.717, 1.165) is 6.08 Å². The Morgan fingerprint density at radius 2 is 2.22 bits per heavy atom. The van der Waals surface area contributed by atoms with Crippen LogP contribution >= 0.6 is 11.6 Å². The minimum Gasteiger partial charge on any atom is -0.463 e. The zero-order valence-corrected chi connectivity index (χ0v) is 6.44. The lowest BCUT2D eigenvalue weighted by molar-refractivity contribution is -0.137. The number of hydrogen-bond donors (Lipinski definition) is 0. The Kier molecular flexibility index (Phi) is 13.2. The summed E-state index contributed by atoms with van der Waals surface area (Å²) in [6.07, 6.45) is 2.61. The smallest absolute Gasteiger partial charge is 0.330 e. The van der Waals surface area contributed by atoms with E-state index in [9.17, 15) is 4.79 Å². The maximum Gasteiger partial charge on any atom is 0.330 e. The Morgan fingerprint density at radius 1 is 1.78 bits per heavy atom. The van der Waals surface area contributed by atoms with E-state index in [4.69, 9.17) is 0 Å². The van der Waals surface area contributed by atoms with Crippen molar-refractivity contribution in [2.24, 2.45) is 0 Å². The highest BCUT2D eigenvalue weighted by molar-refractivity contribution is 6.15. The van der Waals surface area contributed by atoms with Crippen LogP contribution in [0.25, 0.3) is 0 Å². The van der Waals surface area contributed by atoms with Crippen molar-refractivity contribution >= 4 is 17.6 Å². The molecule has 0 aromatic carbocycles. The van der Waals surface area contributed by atoms with E-state index in [1.807, 2.05) is 0 Å². The van der Waals surface area contributed by atoms with Crippen LogP contribution in [0.1, 0.15) is 6.92 Å². The van der Waals surface area contributed by atoms with Crippen LogP contribution in [0.15, 0.2) is 12.7 Å². The molecular weight excluding hydrogens is 140 g/mol. The molecule has 54 valence electrons. The second-order valence-electron chi connectivity index (χ2n) is 0.956. The molecule has 0 heterocycles. The Morgan fingerprint density at radius 3 is 2.33 bits per heavy atom. The average Bonchev–Trinajstić information content (AvgIpc) is 1.93. The average molecular weight is 151 g/mol. The summed E-state index contributed by atoms with van der Waals surface area (Å²) in [6.45, 7) is 5.38. The normalized spacial score (nSPS) is 6.56. The summed E-state index contributed by atoms with van der Waals surface area (Å²) in [7, 11) is 0. The number of carbonyl (C=O) groups is 1. The van der Waals surface area contributed by atoms with Crippen LogP contribution in [-0.4, -0.2) is 19.0 Å². The summed E-state index contributed by atoms with van der Waals surface area (Å²) in [5, 5.41) is 0. The SMILES string of the molecule is C=CC(=O)OCC.CCl. The fraction of sp³-hybridized carbons (Fsp3) is 0.500. The van der Waals surface area contributed by atoms with Crippen molar-refractivity contribution in [1.82, 2.24) is 0 Å². The van der Waals surface area contributed by atoms with Gasteiger partial charge < -0.3 is 4.74 Å². The first-order valence-corrected chi connectivity index (χ1v) is 3.23. The van der Waals surface area contributed by atoms with Gasteiger partial charge in [0.1, 0.15) is 0 Å². The van der Waals surface area contributed by atoms with Crippen molar-refractivity contribution in [1.29, 1.82) is 0 Å².